The SMILES string of the molecule is Cc1nc(CNC(=O)c2ccc(Br)cc2C(F)(F)F)cs1. The third kappa shape index (κ3) is 4.04. The smallest absolute Gasteiger partial charge is 0.346 e. The van der Waals surface area contributed by atoms with Crippen LogP contribution in [0.1, 0.15) is 26.6 Å². The fourth-order valence-corrected chi connectivity index (χ4v) is 2.68. The number of alkyl halides is 3. The molecule has 0 spiro atoms. The predicted octanol–water partition coefficient (Wildman–Crippen LogP) is 4.16. The summed E-state index contributed by atoms with van der Waals surface area (Å²) < 4.78 is 39.1. The van der Waals surface area contributed by atoms with Gasteiger partial charge in [-0.15, -0.1) is 11.3 Å². The summed E-state index contributed by atoms with van der Waals surface area (Å²) in [6.45, 7) is 1.91. The Hall–Kier alpha value is -1.41. The second-order valence-corrected chi connectivity index (χ2v) is 6.21. The minimum atomic E-state index is -4.59. The van der Waals surface area contributed by atoms with Crippen LogP contribution in [-0.2, 0) is 12.7 Å². The number of aromatic nitrogens is 1. The highest BCUT2D eigenvalue weighted by molar-refractivity contribution is 9.10. The lowest BCUT2D eigenvalue weighted by atomic mass is 10.1. The van der Waals surface area contributed by atoms with Gasteiger partial charge in [-0.2, -0.15) is 13.2 Å². The molecule has 1 N–H and O–H groups in total. The second-order valence-electron chi connectivity index (χ2n) is 4.23. The van der Waals surface area contributed by atoms with Gasteiger partial charge in [-0.1, -0.05) is 15.9 Å². The fourth-order valence-electron chi connectivity index (χ4n) is 1.70. The van der Waals surface area contributed by atoms with E-state index in [2.05, 4.69) is 26.2 Å². The zero-order chi connectivity index (χ0) is 15.6. The van der Waals surface area contributed by atoms with Crippen LogP contribution < -0.4 is 5.32 Å². The number of thiazole rings is 1. The van der Waals surface area contributed by atoms with Crippen LogP contribution in [0, 0.1) is 6.92 Å². The molecule has 1 amide bonds. The van der Waals surface area contributed by atoms with Crippen molar-refractivity contribution in [2.24, 2.45) is 0 Å². The van der Waals surface area contributed by atoms with Gasteiger partial charge in [-0.3, -0.25) is 4.79 Å². The van der Waals surface area contributed by atoms with Crippen LogP contribution in [0.5, 0.6) is 0 Å². The van der Waals surface area contributed by atoms with Crippen LogP contribution in [0.25, 0.3) is 0 Å². The molecule has 3 nitrogen and oxygen atoms in total. The van der Waals surface area contributed by atoms with Gasteiger partial charge in [0.1, 0.15) is 0 Å². The highest BCUT2D eigenvalue weighted by Gasteiger charge is 2.35. The lowest BCUT2D eigenvalue weighted by molar-refractivity contribution is -0.138. The molecular formula is C13H10BrF3N2OS. The quantitative estimate of drug-likeness (QED) is 0.870. The molecule has 0 saturated carbocycles. The van der Waals surface area contributed by atoms with E-state index in [1.807, 2.05) is 6.92 Å². The molecule has 0 atom stereocenters. The maximum Gasteiger partial charge on any atom is 0.417 e. The van der Waals surface area contributed by atoms with Crippen LogP contribution in [0.15, 0.2) is 28.1 Å². The number of nitrogens with zero attached hydrogens (tertiary/aromatic N) is 1. The number of benzene rings is 1. The summed E-state index contributed by atoms with van der Waals surface area (Å²) in [6.07, 6.45) is -4.59. The average molecular weight is 379 g/mol. The first kappa shape index (κ1) is 16.0. The highest BCUT2D eigenvalue weighted by Crippen LogP contribution is 2.33. The number of amides is 1. The van der Waals surface area contributed by atoms with Gasteiger partial charge in [-0.05, 0) is 25.1 Å². The molecule has 0 aliphatic carbocycles. The molecular weight excluding hydrogens is 369 g/mol. The van der Waals surface area contributed by atoms with Gasteiger partial charge in [0.15, 0.2) is 0 Å². The summed E-state index contributed by atoms with van der Waals surface area (Å²) in [6, 6.07) is 3.44. The van der Waals surface area contributed by atoms with E-state index in [0.29, 0.717) is 5.69 Å². The van der Waals surface area contributed by atoms with Crippen molar-refractivity contribution in [1.82, 2.24) is 10.3 Å². The number of rotatable bonds is 3. The first-order chi connectivity index (χ1) is 9.77. The fraction of sp³-hybridized carbons (Fsp3) is 0.231. The molecule has 112 valence electrons. The van der Waals surface area contributed by atoms with E-state index in [1.165, 1.54) is 17.4 Å². The van der Waals surface area contributed by atoms with Gasteiger partial charge in [-0.25, -0.2) is 4.98 Å². The maximum atomic E-state index is 12.9. The van der Waals surface area contributed by atoms with E-state index >= 15 is 0 Å². The van der Waals surface area contributed by atoms with Crippen molar-refractivity contribution >= 4 is 33.2 Å². The first-order valence-electron chi connectivity index (χ1n) is 5.83. The summed E-state index contributed by atoms with van der Waals surface area (Å²) in [5, 5.41) is 5.03. The summed E-state index contributed by atoms with van der Waals surface area (Å²) in [4.78, 5) is 16.1. The van der Waals surface area contributed by atoms with E-state index in [1.54, 1.807) is 5.38 Å². The molecule has 8 heteroatoms. The van der Waals surface area contributed by atoms with Crippen molar-refractivity contribution in [3.63, 3.8) is 0 Å². The summed E-state index contributed by atoms with van der Waals surface area (Å²) in [5.74, 6) is -0.777. The van der Waals surface area contributed by atoms with Gasteiger partial charge < -0.3 is 5.32 Å². The molecule has 1 heterocycles. The van der Waals surface area contributed by atoms with Gasteiger partial charge in [0, 0.05) is 9.85 Å². The number of hydrogen-bond donors (Lipinski definition) is 1. The number of aryl methyl sites for hydroxylation is 1. The summed E-state index contributed by atoms with van der Waals surface area (Å²) >= 11 is 4.39. The molecule has 2 rings (SSSR count). The number of carbonyl (C=O) groups is 1. The Bertz CT molecular complexity index is 670. The van der Waals surface area contributed by atoms with Gasteiger partial charge >= 0.3 is 6.18 Å². The molecule has 21 heavy (non-hydrogen) atoms. The van der Waals surface area contributed by atoms with E-state index in [4.69, 9.17) is 0 Å². The molecule has 1 aromatic heterocycles. The Morgan fingerprint density at radius 1 is 1.43 bits per heavy atom. The van der Waals surface area contributed by atoms with Crippen LogP contribution in [0.4, 0.5) is 13.2 Å². The highest BCUT2D eigenvalue weighted by atomic mass is 79.9. The summed E-state index contributed by atoms with van der Waals surface area (Å²) in [7, 11) is 0. The molecule has 0 bridgehead atoms. The van der Waals surface area contributed by atoms with Gasteiger partial charge in [0.05, 0.1) is 28.4 Å². The lowest BCUT2D eigenvalue weighted by Crippen LogP contribution is -2.26. The molecule has 0 radical (unpaired) electrons. The van der Waals surface area contributed by atoms with Crippen molar-refractivity contribution in [1.29, 1.82) is 0 Å². The largest absolute Gasteiger partial charge is 0.417 e. The van der Waals surface area contributed by atoms with Crippen molar-refractivity contribution < 1.29 is 18.0 Å². The van der Waals surface area contributed by atoms with Crippen LogP contribution in [-0.4, -0.2) is 10.9 Å². The van der Waals surface area contributed by atoms with Crippen LogP contribution in [0.2, 0.25) is 0 Å². The standard InChI is InChI=1S/C13H10BrF3N2OS/c1-7-19-9(6-21-7)5-18-12(20)10-3-2-8(14)4-11(10)13(15,16)17/h2-4,6H,5H2,1H3,(H,18,20). The Labute approximate surface area is 131 Å². The third-order valence-corrected chi connectivity index (χ3v) is 3.94. The molecule has 0 aliphatic heterocycles. The maximum absolute atomic E-state index is 12.9. The molecule has 0 aliphatic rings. The number of hydrogen-bond acceptors (Lipinski definition) is 3. The monoisotopic (exact) mass is 378 g/mol. The third-order valence-electron chi connectivity index (χ3n) is 2.63. The molecule has 1 aromatic carbocycles. The van der Waals surface area contributed by atoms with Crippen LogP contribution >= 0.6 is 27.3 Å². The number of halogens is 4. The zero-order valence-corrected chi connectivity index (χ0v) is 13.2. The Kier molecular flexibility index (Phi) is 4.67. The van der Waals surface area contributed by atoms with E-state index in [-0.39, 0.29) is 11.0 Å². The van der Waals surface area contributed by atoms with Crippen molar-refractivity contribution in [3.8, 4) is 0 Å². The Morgan fingerprint density at radius 3 is 2.71 bits per heavy atom. The number of carbonyl (C=O) groups excluding carboxylic acids is 1. The Morgan fingerprint density at radius 2 is 2.14 bits per heavy atom. The minimum absolute atomic E-state index is 0.0938. The lowest BCUT2D eigenvalue weighted by Gasteiger charge is -2.13. The van der Waals surface area contributed by atoms with Crippen molar-refractivity contribution in [2.75, 3.05) is 0 Å². The average Bonchev–Trinajstić information content (AvgIpc) is 2.81. The minimum Gasteiger partial charge on any atom is -0.346 e. The van der Waals surface area contributed by atoms with Crippen molar-refractivity contribution in [3.05, 3.63) is 49.9 Å². The molecule has 0 fully saturated rings. The van der Waals surface area contributed by atoms with Crippen LogP contribution in [0.3, 0.4) is 0 Å². The summed E-state index contributed by atoms with van der Waals surface area (Å²) in [5.41, 5.74) is -0.752. The predicted molar refractivity (Wildman–Crippen MR) is 77.2 cm³/mol. The second kappa shape index (κ2) is 6.15. The Balaban J connectivity index is 2.19. The number of nitrogens with one attached hydrogen (secondary N) is 1. The van der Waals surface area contributed by atoms with E-state index < -0.39 is 23.2 Å². The van der Waals surface area contributed by atoms with E-state index in [9.17, 15) is 18.0 Å². The van der Waals surface area contributed by atoms with E-state index in [0.717, 1.165) is 17.1 Å². The first-order valence-corrected chi connectivity index (χ1v) is 7.50. The molecule has 0 saturated heterocycles. The van der Waals surface area contributed by atoms with Crippen molar-refractivity contribution in [2.45, 2.75) is 19.6 Å². The zero-order valence-electron chi connectivity index (χ0n) is 10.8. The van der Waals surface area contributed by atoms with Gasteiger partial charge in [0.2, 0.25) is 0 Å². The molecule has 0 unspecified atom stereocenters. The topological polar surface area (TPSA) is 42.0 Å². The molecule has 2 aromatic rings. The van der Waals surface area contributed by atoms with Gasteiger partial charge in [0.25, 0.3) is 5.91 Å². The normalized spacial score (nSPS) is 11.5.